The Balaban J connectivity index is 3.02. The first-order valence-corrected chi connectivity index (χ1v) is 6.56. The molecule has 0 aromatic carbocycles. The van der Waals surface area contributed by atoms with Crippen LogP contribution in [-0.2, 0) is 9.47 Å². The Morgan fingerprint density at radius 1 is 1.32 bits per heavy atom. The number of hydrogen-bond acceptors (Lipinski definition) is 5. The summed E-state index contributed by atoms with van der Waals surface area (Å²) in [6.45, 7) is 6.12. The van der Waals surface area contributed by atoms with Crippen LogP contribution in [0.15, 0.2) is 18.3 Å². The molecular formula is C14H25N3O2. The lowest BCUT2D eigenvalue weighted by molar-refractivity contribution is 0.170. The van der Waals surface area contributed by atoms with Crippen LogP contribution in [0.25, 0.3) is 0 Å². The van der Waals surface area contributed by atoms with Gasteiger partial charge in [0.2, 0.25) is 0 Å². The average molecular weight is 267 g/mol. The van der Waals surface area contributed by atoms with E-state index in [4.69, 9.17) is 15.2 Å². The van der Waals surface area contributed by atoms with Crippen LogP contribution in [0, 0.1) is 0 Å². The summed E-state index contributed by atoms with van der Waals surface area (Å²) in [5, 5.41) is 0. The van der Waals surface area contributed by atoms with Gasteiger partial charge >= 0.3 is 0 Å². The molecule has 2 N–H and O–H groups in total. The van der Waals surface area contributed by atoms with E-state index in [2.05, 4.69) is 16.8 Å². The molecule has 1 aromatic rings. The number of pyridine rings is 1. The fourth-order valence-electron chi connectivity index (χ4n) is 2.06. The molecule has 0 saturated carbocycles. The first kappa shape index (κ1) is 15.9. The summed E-state index contributed by atoms with van der Waals surface area (Å²) in [6, 6.07) is 4.10. The maximum Gasteiger partial charge on any atom is 0.133 e. The van der Waals surface area contributed by atoms with Crippen molar-refractivity contribution in [2.45, 2.75) is 25.9 Å². The third-order valence-electron chi connectivity index (χ3n) is 3.06. The van der Waals surface area contributed by atoms with E-state index in [0.29, 0.717) is 13.2 Å². The van der Waals surface area contributed by atoms with Gasteiger partial charge in [0.15, 0.2) is 0 Å². The zero-order valence-electron chi connectivity index (χ0n) is 12.3. The largest absolute Gasteiger partial charge is 0.383 e. The molecule has 0 bridgehead atoms. The van der Waals surface area contributed by atoms with Crippen molar-refractivity contribution in [2.75, 3.05) is 38.9 Å². The van der Waals surface area contributed by atoms with E-state index >= 15 is 0 Å². The lowest BCUT2D eigenvalue weighted by atomic mass is 10.1. The van der Waals surface area contributed by atoms with Gasteiger partial charge in [0.05, 0.1) is 19.3 Å². The van der Waals surface area contributed by atoms with Crippen LogP contribution < -0.4 is 10.6 Å². The van der Waals surface area contributed by atoms with Crippen LogP contribution >= 0.6 is 0 Å². The number of methoxy groups -OCH3 is 2. The molecule has 5 heteroatoms. The van der Waals surface area contributed by atoms with Crippen LogP contribution in [0.2, 0.25) is 0 Å². The third-order valence-corrected chi connectivity index (χ3v) is 3.06. The van der Waals surface area contributed by atoms with Gasteiger partial charge in [0, 0.05) is 38.6 Å². The van der Waals surface area contributed by atoms with E-state index in [1.54, 1.807) is 20.4 Å². The zero-order valence-corrected chi connectivity index (χ0v) is 12.3. The van der Waals surface area contributed by atoms with Crippen LogP contribution in [0.3, 0.4) is 0 Å². The first-order valence-electron chi connectivity index (χ1n) is 6.56. The molecule has 108 valence electrons. The van der Waals surface area contributed by atoms with Gasteiger partial charge < -0.3 is 20.1 Å². The van der Waals surface area contributed by atoms with Gasteiger partial charge in [-0.25, -0.2) is 4.98 Å². The highest BCUT2D eigenvalue weighted by Crippen LogP contribution is 2.24. The fourth-order valence-corrected chi connectivity index (χ4v) is 2.06. The van der Waals surface area contributed by atoms with Crippen molar-refractivity contribution in [1.82, 2.24) is 4.98 Å². The molecule has 0 aliphatic heterocycles. The molecule has 0 amide bonds. The molecule has 0 aliphatic carbocycles. The molecule has 1 unspecified atom stereocenters. The molecule has 1 rings (SSSR count). The normalized spacial score (nSPS) is 14.2. The molecule has 19 heavy (non-hydrogen) atoms. The smallest absolute Gasteiger partial charge is 0.133 e. The summed E-state index contributed by atoms with van der Waals surface area (Å²) in [7, 11) is 3.40. The zero-order chi connectivity index (χ0) is 14.3. The lowest BCUT2D eigenvalue weighted by Gasteiger charge is -2.31. The standard InChI is InChI=1S/C14H25N3O2/c1-11(10-19-4)17(8-9-18-3)14-13(12(2)15)6-5-7-16-14/h5-7,11-12H,8-10,15H2,1-4H3/t11?,12-/m1/s1. The van der Waals surface area contributed by atoms with Gasteiger partial charge in [-0.15, -0.1) is 0 Å². The predicted molar refractivity (Wildman–Crippen MR) is 77.4 cm³/mol. The number of nitrogens with zero attached hydrogens (tertiary/aromatic N) is 2. The average Bonchev–Trinajstić information content (AvgIpc) is 2.40. The minimum absolute atomic E-state index is 0.0523. The minimum Gasteiger partial charge on any atom is -0.383 e. The van der Waals surface area contributed by atoms with Crippen molar-refractivity contribution in [3.05, 3.63) is 23.9 Å². The van der Waals surface area contributed by atoms with Gasteiger partial charge in [-0.3, -0.25) is 0 Å². The second-order valence-corrected chi connectivity index (χ2v) is 4.70. The number of rotatable bonds is 8. The van der Waals surface area contributed by atoms with Gasteiger partial charge in [0.25, 0.3) is 0 Å². The van der Waals surface area contributed by atoms with E-state index in [9.17, 15) is 0 Å². The highest BCUT2D eigenvalue weighted by atomic mass is 16.5. The summed E-state index contributed by atoms with van der Waals surface area (Å²) in [4.78, 5) is 6.68. The highest BCUT2D eigenvalue weighted by molar-refractivity contribution is 5.49. The van der Waals surface area contributed by atoms with Crippen molar-refractivity contribution in [1.29, 1.82) is 0 Å². The minimum atomic E-state index is -0.0523. The van der Waals surface area contributed by atoms with Crippen molar-refractivity contribution in [3.63, 3.8) is 0 Å². The quantitative estimate of drug-likeness (QED) is 0.775. The Labute approximate surface area is 115 Å². The first-order chi connectivity index (χ1) is 9.11. The van der Waals surface area contributed by atoms with Crippen molar-refractivity contribution >= 4 is 5.82 Å². The molecule has 0 aliphatic rings. The SMILES string of the molecule is COCCN(c1ncccc1[C@@H](C)N)C(C)COC. The maximum atomic E-state index is 6.03. The molecule has 1 aromatic heterocycles. The second kappa shape index (κ2) is 8.09. The number of aromatic nitrogens is 1. The molecule has 0 radical (unpaired) electrons. The summed E-state index contributed by atoms with van der Waals surface area (Å²) < 4.78 is 10.4. The van der Waals surface area contributed by atoms with E-state index in [1.807, 2.05) is 19.1 Å². The Hall–Kier alpha value is -1.17. The molecule has 2 atom stereocenters. The van der Waals surface area contributed by atoms with E-state index in [-0.39, 0.29) is 12.1 Å². The molecule has 5 nitrogen and oxygen atoms in total. The monoisotopic (exact) mass is 267 g/mol. The molecule has 1 heterocycles. The van der Waals surface area contributed by atoms with Crippen LogP contribution in [0.4, 0.5) is 5.82 Å². The van der Waals surface area contributed by atoms with Crippen molar-refractivity contribution in [2.24, 2.45) is 5.73 Å². The van der Waals surface area contributed by atoms with E-state index < -0.39 is 0 Å². The summed E-state index contributed by atoms with van der Waals surface area (Å²) in [6.07, 6.45) is 1.79. The summed E-state index contributed by atoms with van der Waals surface area (Å²) >= 11 is 0. The number of nitrogens with two attached hydrogens (primary N) is 1. The summed E-state index contributed by atoms with van der Waals surface area (Å²) in [5.74, 6) is 0.916. The fraction of sp³-hybridized carbons (Fsp3) is 0.643. The Morgan fingerprint density at radius 3 is 2.63 bits per heavy atom. The van der Waals surface area contributed by atoms with Crippen LogP contribution in [0.1, 0.15) is 25.5 Å². The number of anilines is 1. The topological polar surface area (TPSA) is 60.6 Å². The van der Waals surface area contributed by atoms with Crippen molar-refractivity contribution in [3.8, 4) is 0 Å². The predicted octanol–water partition coefficient (Wildman–Crippen LogP) is 1.59. The Bertz CT molecular complexity index is 371. The van der Waals surface area contributed by atoms with Crippen molar-refractivity contribution < 1.29 is 9.47 Å². The Morgan fingerprint density at radius 2 is 2.05 bits per heavy atom. The molecular weight excluding hydrogens is 242 g/mol. The lowest BCUT2D eigenvalue weighted by Crippen LogP contribution is -2.40. The highest BCUT2D eigenvalue weighted by Gasteiger charge is 2.19. The number of hydrogen-bond donors (Lipinski definition) is 1. The van der Waals surface area contributed by atoms with Gasteiger partial charge in [-0.05, 0) is 19.9 Å². The van der Waals surface area contributed by atoms with Crippen LogP contribution in [-0.4, -0.2) is 45.0 Å². The van der Waals surface area contributed by atoms with Gasteiger partial charge in [0.1, 0.15) is 5.82 Å². The van der Waals surface area contributed by atoms with E-state index in [0.717, 1.165) is 17.9 Å². The van der Waals surface area contributed by atoms with Gasteiger partial charge in [-0.2, -0.15) is 0 Å². The maximum absolute atomic E-state index is 6.03. The molecule has 0 spiro atoms. The van der Waals surface area contributed by atoms with Gasteiger partial charge in [-0.1, -0.05) is 6.07 Å². The molecule has 0 saturated heterocycles. The molecule has 0 fully saturated rings. The van der Waals surface area contributed by atoms with Crippen LogP contribution in [0.5, 0.6) is 0 Å². The van der Waals surface area contributed by atoms with E-state index in [1.165, 1.54) is 0 Å². The second-order valence-electron chi connectivity index (χ2n) is 4.70. The summed E-state index contributed by atoms with van der Waals surface area (Å²) in [5.41, 5.74) is 7.07. The third kappa shape index (κ3) is 4.45. The Kier molecular flexibility index (Phi) is 6.77. The number of ether oxygens (including phenoxy) is 2.